The van der Waals surface area contributed by atoms with Crippen LogP contribution in [0.4, 0.5) is 0 Å². The van der Waals surface area contributed by atoms with Crippen LogP contribution < -0.4 is 4.74 Å². The van der Waals surface area contributed by atoms with Gasteiger partial charge in [-0.3, -0.25) is 4.98 Å². The molecule has 6 rings (SSSR count). The van der Waals surface area contributed by atoms with Gasteiger partial charge < -0.3 is 9.15 Å². The number of pyridine rings is 2. The predicted octanol–water partition coefficient (Wildman–Crippen LogP) is 11.6. The van der Waals surface area contributed by atoms with E-state index in [1.807, 2.05) is 18.2 Å². The largest absolute Gasteiger partial charge is 0.496 e. The van der Waals surface area contributed by atoms with Crippen LogP contribution in [-0.2, 0) is 16.2 Å². The molecule has 0 bridgehead atoms. The summed E-state index contributed by atoms with van der Waals surface area (Å²) in [5, 5.41) is 2.09. The molecule has 0 saturated carbocycles. The van der Waals surface area contributed by atoms with E-state index in [0.717, 1.165) is 67.2 Å². The minimum Gasteiger partial charge on any atom is -0.496 e. The van der Waals surface area contributed by atoms with Gasteiger partial charge in [-0.2, -0.15) is 0 Å². The first-order chi connectivity index (χ1) is 21.5. The normalized spacial score (nSPS) is 12.7. The fourth-order valence-electron chi connectivity index (χ4n) is 5.98. The summed E-state index contributed by atoms with van der Waals surface area (Å²) < 4.78 is 12.4. The standard InChI is InChI=1S/C42H46N2O2/c1-25-16-28(40(2,3)4)22-36(43-25)35-20-27(26-17-29(41(5,6)7)21-30(18-26)42(8,9)10)19-34(44-35)33-24-39-32(23-38(33)45-11)31-14-12-13-15-37(31)46-39/h12-24H,1-11H3. The van der Waals surface area contributed by atoms with Crippen LogP contribution in [0.3, 0.4) is 0 Å². The Morgan fingerprint density at radius 3 is 1.74 bits per heavy atom. The highest BCUT2D eigenvalue weighted by Gasteiger charge is 2.23. The van der Waals surface area contributed by atoms with Crippen molar-refractivity contribution in [1.82, 2.24) is 9.97 Å². The van der Waals surface area contributed by atoms with Crippen LogP contribution in [0.25, 0.3) is 55.7 Å². The summed E-state index contributed by atoms with van der Waals surface area (Å²) in [4.78, 5) is 10.3. The van der Waals surface area contributed by atoms with Gasteiger partial charge in [-0.05, 0) is 93.5 Å². The fraction of sp³-hybridized carbons (Fsp3) is 0.333. The van der Waals surface area contributed by atoms with Gasteiger partial charge in [-0.25, -0.2) is 4.98 Å². The maximum atomic E-state index is 6.32. The van der Waals surface area contributed by atoms with Gasteiger partial charge >= 0.3 is 0 Å². The number of aryl methyl sites for hydroxylation is 1. The number of furan rings is 1. The molecule has 4 heteroatoms. The summed E-state index contributed by atoms with van der Waals surface area (Å²) >= 11 is 0. The molecule has 0 N–H and O–H groups in total. The maximum absolute atomic E-state index is 6.32. The molecule has 0 aliphatic rings. The van der Waals surface area contributed by atoms with Crippen molar-refractivity contribution in [3.63, 3.8) is 0 Å². The van der Waals surface area contributed by atoms with E-state index in [-0.39, 0.29) is 16.2 Å². The molecule has 0 aliphatic heterocycles. The number of hydrogen-bond acceptors (Lipinski definition) is 4. The quantitative estimate of drug-likeness (QED) is 0.199. The highest BCUT2D eigenvalue weighted by Crippen LogP contribution is 2.41. The van der Waals surface area contributed by atoms with Gasteiger partial charge in [0.1, 0.15) is 16.9 Å². The average molecular weight is 611 g/mol. The van der Waals surface area contributed by atoms with E-state index < -0.39 is 0 Å². The van der Waals surface area contributed by atoms with Crippen LogP contribution in [0.5, 0.6) is 5.75 Å². The summed E-state index contributed by atoms with van der Waals surface area (Å²) in [5.41, 5.74) is 12.1. The number of para-hydroxylation sites is 1. The lowest BCUT2D eigenvalue weighted by atomic mass is 9.79. The molecule has 236 valence electrons. The van der Waals surface area contributed by atoms with E-state index >= 15 is 0 Å². The third-order valence-electron chi connectivity index (χ3n) is 8.88. The second-order valence-electron chi connectivity index (χ2n) is 15.7. The Balaban J connectivity index is 1.66. The van der Waals surface area contributed by atoms with Gasteiger partial charge in [-0.1, -0.05) is 98.7 Å². The van der Waals surface area contributed by atoms with Crippen molar-refractivity contribution in [3.05, 3.63) is 101 Å². The fourth-order valence-corrected chi connectivity index (χ4v) is 5.98. The minimum atomic E-state index is -0.0267. The number of nitrogens with zero attached hydrogens (tertiary/aromatic N) is 2. The zero-order valence-corrected chi connectivity index (χ0v) is 29.2. The molecule has 3 aromatic carbocycles. The summed E-state index contributed by atoms with van der Waals surface area (Å²) in [6, 6.07) is 28.0. The summed E-state index contributed by atoms with van der Waals surface area (Å²) in [6.45, 7) is 22.4. The second-order valence-corrected chi connectivity index (χ2v) is 15.7. The van der Waals surface area contributed by atoms with E-state index in [1.54, 1.807) is 7.11 Å². The van der Waals surface area contributed by atoms with Crippen LogP contribution in [0.1, 0.15) is 84.7 Å². The molecular formula is C42H46N2O2. The molecule has 0 atom stereocenters. The number of aromatic nitrogens is 2. The molecular weight excluding hydrogens is 564 g/mol. The molecule has 0 fully saturated rings. The summed E-state index contributed by atoms with van der Waals surface area (Å²) in [5.74, 6) is 0.751. The second kappa shape index (κ2) is 11.1. The molecule has 0 aliphatic carbocycles. The Hall–Kier alpha value is -4.44. The average Bonchev–Trinajstić information content (AvgIpc) is 3.36. The Kier molecular flexibility index (Phi) is 7.62. The van der Waals surface area contributed by atoms with Crippen LogP contribution in [-0.4, -0.2) is 17.1 Å². The molecule has 0 saturated heterocycles. The lowest BCUT2D eigenvalue weighted by Crippen LogP contribution is -2.16. The van der Waals surface area contributed by atoms with Gasteiger partial charge in [0.05, 0.1) is 24.2 Å². The van der Waals surface area contributed by atoms with E-state index in [2.05, 4.69) is 130 Å². The Bertz CT molecular complexity index is 2060. The van der Waals surface area contributed by atoms with Crippen LogP contribution in [0.2, 0.25) is 0 Å². The van der Waals surface area contributed by atoms with Crippen LogP contribution >= 0.6 is 0 Å². The number of hydrogen-bond donors (Lipinski definition) is 0. The monoisotopic (exact) mass is 610 g/mol. The maximum Gasteiger partial charge on any atom is 0.136 e. The minimum absolute atomic E-state index is 0.00996. The van der Waals surface area contributed by atoms with E-state index in [4.69, 9.17) is 19.1 Å². The van der Waals surface area contributed by atoms with Crippen LogP contribution in [0, 0.1) is 6.92 Å². The van der Waals surface area contributed by atoms with Crippen LogP contribution in [0.15, 0.2) is 83.3 Å². The van der Waals surface area contributed by atoms with Gasteiger partial charge in [0, 0.05) is 22.0 Å². The lowest BCUT2D eigenvalue weighted by Gasteiger charge is -2.26. The SMILES string of the molecule is COc1cc2c(cc1-c1cc(-c3cc(C(C)(C)C)cc(C(C)(C)C)c3)cc(-c3cc(C(C)(C)C)cc(C)n3)n1)oc1ccccc12. The smallest absolute Gasteiger partial charge is 0.136 e. The van der Waals surface area contributed by atoms with E-state index in [0.29, 0.717) is 0 Å². The van der Waals surface area contributed by atoms with Gasteiger partial charge in [0.25, 0.3) is 0 Å². The van der Waals surface area contributed by atoms with E-state index in [9.17, 15) is 0 Å². The third kappa shape index (κ3) is 6.06. The van der Waals surface area contributed by atoms with Crippen molar-refractivity contribution in [1.29, 1.82) is 0 Å². The van der Waals surface area contributed by atoms with Crippen molar-refractivity contribution in [3.8, 4) is 39.5 Å². The zero-order chi connectivity index (χ0) is 33.2. The van der Waals surface area contributed by atoms with Crippen molar-refractivity contribution in [2.75, 3.05) is 7.11 Å². The Morgan fingerprint density at radius 1 is 0.543 bits per heavy atom. The Morgan fingerprint density at radius 2 is 1.11 bits per heavy atom. The van der Waals surface area contributed by atoms with Crippen molar-refractivity contribution in [2.24, 2.45) is 0 Å². The summed E-state index contributed by atoms with van der Waals surface area (Å²) in [7, 11) is 1.72. The molecule has 0 unspecified atom stereocenters. The molecule has 0 spiro atoms. The highest BCUT2D eigenvalue weighted by atomic mass is 16.5. The number of benzene rings is 3. The zero-order valence-electron chi connectivity index (χ0n) is 29.2. The molecule has 6 aromatic rings. The number of rotatable bonds is 4. The first kappa shape index (κ1) is 31.5. The lowest BCUT2D eigenvalue weighted by molar-refractivity contribution is 0.417. The van der Waals surface area contributed by atoms with Gasteiger partial charge in [-0.15, -0.1) is 0 Å². The number of fused-ring (bicyclic) bond motifs is 3. The molecule has 3 aromatic heterocycles. The molecule has 4 nitrogen and oxygen atoms in total. The first-order valence-corrected chi connectivity index (χ1v) is 16.2. The van der Waals surface area contributed by atoms with Crippen molar-refractivity contribution >= 4 is 21.9 Å². The topological polar surface area (TPSA) is 48.2 Å². The van der Waals surface area contributed by atoms with Crippen molar-refractivity contribution in [2.45, 2.75) is 85.5 Å². The summed E-state index contributed by atoms with van der Waals surface area (Å²) in [6.07, 6.45) is 0. The third-order valence-corrected chi connectivity index (χ3v) is 8.88. The molecule has 0 radical (unpaired) electrons. The Labute approximate surface area is 273 Å². The molecule has 3 heterocycles. The van der Waals surface area contributed by atoms with Crippen molar-refractivity contribution < 1.29 is 9.15 Å². The number of ether oxygens (including phenoxy) is 1. The molecule has 0 amide bonds. The molecule has 46 heavy (non-hydrogen) atoms. The van der Waals surface area contributed by atoms with Gasteiger partial charge in [0.15, 0.2) is 0 Å². The predicted molar refractivity (Wildman–Crippen MR) is 193 cm³/mol. The highest BCUT2D eigenvalue weighted by molar-refractivity contribution is 6.07. The number of methoxy groups -OCH3 is 1. The van der Waals surface area contributed by atoms with E-state index in [1.165, 1.54) is 16.7 Å². The van der Waals surface area contributed by atoms with Gasteiger partial charge in [0.2, 0.25) is 0 Å². The first-order valence-electron chi connectivity index (χ1n) is 16.2.